The Morgan fingerprint density at radius 3 is 2.52 bits per heavy atom. The molecule has 4 rings (SSSR count). The van der Waals surface area contributed by atoms with Crippen LogP contribution >= 0.6 is 11.6 Å². The van der Waals surface area contributed by atoms with Crippen molar-refractivity contribution in [3.63, 3.8) is 0 Å². The van der Waals surface area contributed by atoms with Crippen LogP contribution in [0.4, 0.5) is 5.82 Å². The Hall–Kier alpha value is -2.85. The SMILES string of the molecule is Cc1ccc(-n2cc(-c3ccccc3)c3c(NC(C)C)ncnc32)cc1Cl. The van der Waals surface area contributed by atoms with E-state index >= 15 is 0 Å². The maximum Gasteiger partial charge on any atom is 0.150 e. The Morgan fingerprint density at radius 2 is 1.81 bits per heavy atom. The Morgan fingerprint density at radius 1 is 1.04 bits per heavy atom. The summed E-state index contributed by atoms with van der Waals surface area (Å²) < 4.78 is 2.08. The monoisotopic (exact) mass is 376 g/mol. The predicted octanol–water partition coefficient (Wildman–Crippen LogP) is 5.87. The minimum atomic E-state index is 0.267. The molecular weight excluding hydrogens is 356 g/mol. The number of hydrogen-bond acceptors (Lipinski definition) is 3. The lowest BCUT2D eigenvalue weighted by Crippen LogP contribution is -2.11. The molecule has 2 heterocycles. The number of hydrogen-bond donors (Lipinski definition) is 1. The normalized spacial score (nSPS) is 11.3. The number of anilines is 1. The van der Waals surface area contributed by atoms with Crippen LogP contribution in [-0.4, -0.2) is 20.6 Å². The highest BCUT2D eigenvalue weighted by atomic mass is 35.5. The second-order valence-corrected chi connectivity index (χ2v) is 7.34. The molecule has 0 spiro atoms. The van der Waals surface area contributed by atoms with Gasteiger partial charge >= 0.3 is 0 Å². The summed E-state index contributed by atoms with van der Waals surface area (Å²) in [6.07, 6.45) is 3.72. The molecule has 4 nitrogen and oxygen atoms in total. The van der Waals surface area contributed by atoms with Gasteiger partial charge in [0.25, 0.3) is 0 Å². The number of halogens is 1. The molecule has 2 aromatic carbocycles. The molecule has 2 aromatic heterocycles. The third kappa shape index (κ3) is 3.28. The first kappa shape index (κ1) is 17.6. The molecule has 1 N–H and O–H groups in total. The number of rotatable bonds is 4. The van der Waals surface area contributed by atoms with E-state index in [0.29, 0.717) is 0 Å². The number of benzene rings is 2. The molecule has 5 heteroatoms. The summed E-state index contributed by atoms with van der Waals surface area (Å²) in [6.45, 7) is 6.21. The zero-order valence-electron chi connectivity index (χ0n) is 15.6. The Balaban J connectivity index is 2.02. The van der Waals surface area contributed by atoms with Crippen molar-refractivity contribution in [2.75, 3.05) is 5.32 Å². The van der Waals surface area contributed by atoms with Crippen LogP contribution in [0.25, 0.3) is 27.8 Å². The van der Waals surface area contributed by atoms with Gasteiger partial charge in [-0.2, -0.15) is 0 Å². The standard InChI is InChI=1S/C22H21ClN4/c1-14(2)26-21-20-18(16-7-5-4-6-8-16)12-27(22(20)25-13-24-21)17-10-9-15(3)19(23)11-17/h4-14H,1-3H3,(H,24,25,26). The second kappa shape index (κ2) is 7.05. The van der Waals surface area contributed by atoms with Crippen molar-refractivity contribution in [3.05, 3.63) is 71.6 Å². The molecule has 0 aliphatic heterocycles. The Bertz CT molecular complexity index is 1100. The van der Waals surface area contributed by atoms with Crippen LogP contribution in [0.5, 0.6) is 0 Å². The van der Waals surface area contributed by atoms with Crippen LogP contribution in [0.1, 0.15) is 19.4 Å². The molecule has 0 bridgehead atoms. The van der Waals surface area contributed by atoms with Gasteiger partial charge in [-0.05, 0) is 44.0 Å². The molecule has 0 saturated carbocycles. The summed E-state index contributed by atoms with van der Waals surface area (Å²) in [5.74, 6) is 0.839. The number of nitrogens with zero attached hydrogens (tertiary/aromatic N) is 3. The van der Waals surface area contributed by atoms with Crippen LogP contribution in [-0.2, 0) is 0 Å². The van der Waals surface area contributed by atoms with Crippen LogP contribution in [0, 0.1) is 6.92 Å². The number of fused-ring (bicyclic) bond motifs is 1. The van der Waals surface area contributed by atoms with Crippen molar-refractivity contribution in [2.24, 2.45) is 0 Å². The topological polar surface area (TPSA) is 42.7 Å². The second-order valence-electron chi connectivity index (χ2n) is 6.93. The zero-order valence-corrected chi connectivity index (χ0v) is 16.3. The van der Waals surface area contributed by atoms with E-state index in [1.807, 2.05) is 37.3 Å². The lowest BCUT2D eigenvalue weighted by molar-refractivity contribution is 0.890. The molecule has 0 aliphatic rings. The highest BCUT2D eigenvalue weighted by molar-refractivity contribution is 6.31. The van der Waals surface area contributed by atoms with Gasteiger partial charge in [-0.15, -0.1) is 0 Å². The average molecular weight is 377 g/mol. The Kier molecular flexibility index (Phi) is 4.58. The first-order valence-corrected chi connectivity index (χ1v) is 9.37. The molecule has 4 aromatic rings. The van der Waals surface area contributed by atoms with Gasteiger partial charge in [-0.1, -0.05) is 48.0 Å². The van der Waals surface area contributed by atoms with Gasteiger partial charge in [-0.25, -0.2) is 9.97 Å². The van der Waals surface area contributed by atoms with Gasteiger partial charge < -0.3 is 9.88 Å². The van der Waals surface area contributed by atoms with E-state index < -0.39 is 0 Å². The minimum absolute atomic E-state index is 0.267. The fraction of sp³-hybridized carbons (Fsp3) is 0.182. The van der Waals surface area contributed by atoms with E-state index in [0.717, 1.165) is 44.3 Å². The van der Waals surface area contributed by atoms with E-state index in [1.54, 1.807) is 6.33 Å². The minimum Gasteiger partial charge on any atom is -0.367 e. The fourth-order valence-electron chi connectivity index (χ4n) is 3.21. The zero-order chi connectivity index (χ0) is 19.0. The van der Waals surface area contributed by atoms with Crippen LogP contribution in [0.2, 0.25) is 5.02 Å². The molecule has 0 saturated heterocycles. The third-order valence-electron chi connectivity index (χ3n) is 4.53. The molecular formula is C22H21ClN4. The van der Waals surface area contributed by atoms with E-state index in [1.165, 1.54) is 0 Å². The van der Waals surface area contributed by atoms with Crippen molar-refractivity contribution in [1.29, 1.82) is 0 Å². The van der Waals surface area contributed by atoms with Crippen molar-refractivity contribution >= 4 is 28.5 Å². The first-order valence-electron chi connectivity index (χ1n) is 8.99. The molecule has 136 valence electrons. The highest BCUT2D eigenvalue weighted by Gasteiger charge is 2.18. The van der Waals surface area contributed by atoms with Gasteiger partial charge in [0.15, 0.2) is 5.65 Å². The third-order valence-corrected chi connectivity index (χ3v) is 4.93. The number of aryl methyl sites for hydroxylation is 1. The van der Waals surface area contributed by atoms with E-state index in [9.17, 15) is 0 Å². The molecule has 0 unspecified atom stereocenters. The molecule has 0 atom stereocenters. The van der Waals surface area contributed by atoms with E-state index in [-0.39, 0.29) is 6.04 Å². The average Bonchev–Trinajstić information content (AvgIpc) is 3.05. The van der Waals surface area contributed by atoms with Crippen molar-refractivity contribution in [3.8, 4) is 16.8 Å². The van der Waals surface area contributed by atoms with Crippen molar-refractivity contribution in [2.45, 2.75) is 26.8 Å². The van der Waals surface area contributed by atoms with Crippen LogP contribution < -0.4 is 5.32 Å². The van der Waals surface area contributed by atoms with E-state index in [4.69, 9.17) is 11.6 Å². The molecule has 0 fully saturated rings. The summed E-state index contributed by atoms with van der Waals surface area (Å²) in [5.41, 5.74) is 5.10. The van der Waals surface area contributed by atoms with Crippen LogP contribution in [0.15, 0.2) is 61.1 Å². The number of nitrogens with one attached hydrogen (secondary N) is 1. The summed E-state index contributed by atoms with van der Waals surface area (Å²) in [7, 11) is 0. The summed E-state index contributed by atoms with van der Waals surface area (Å²) in [6, 6.07) is 16.6. The summed E-state index contributed by atoms with van der Waals surface area (Å²) in [5, 5.41) is 5.20. The molecule has 0 aliphatic carbocycles. The molecule has 0 amide bonds. The van der Waals surface area contributed by atoms with Gasteiger partial charge in [0, 0.05) is 28.5 Å². The predicted molar refractivity (Wildman–Crippen MR) is 113 cm³/mol. The van der Waals surface area contributed by atoms with Gasteiger partial charge in [0.05, 0.1) is 5.39 Å². The maximum absolute atomic E-state index is 6.38. The largest absolute Gasteiger partial charge is 0.367 e. The van der Waals surface area contributed by atoms with Gasteiger partial charge in [-0.3, -0.25) is 0 Å². The van der Waals surface area contributed by atoms with Crippen molar-refractivity contribution < 1.29 is 0 Å². The summed E-state index contributed by atoms with van der Waals surface area (Å²) >= 11 is 6.38. The molecule has 27 heavy (non-hydrogen) atoms. The fourth-order valence-corrected chi connectivity index (χ4v) is 3.38. The smallest absolute Gasteiger partial charge is 0.150 e. The quantitative estimate of drug-likeness (QED) is 0.484. The number of aromatic nitrogens is 3. The maximum atomic E-state index is 6.38. The summed E-state index contributed by atoms with van der Waals surface area (Å²) in [4.78, 5) is 9.10. The van der Waals surface area contributed by atoms with Gasteiger partial charge in [0.1, 0.15) is 12.1 Å². The van der Waals surface area contributed by atoms with Crippen molar-refractivity contribution in [1.82, 2.24) is 14.5 Å². The lowest BCUT2D eigenvalue weighted by Gasteiger charge is -2.11. The van der Waals surface area contributed by atoms with Crippen LogP contribution in [0.3, 0.4) is 0 Å². The van der Waals surface area contributed by atoms with E-state index in [2.05, 4.69) is 58.1 Å². The lowest BCUT2D eigenvalue weighted by atomic mass is 10.1. The molecule has 0 radical (unpaired) electrons. The highest BCUT2D eigenvalue weighted by Crippen LogP contribution is 2.36. The van der Waals surface area contributed by atoms with Gasteiger partial charge in [0.2, 0.25) is 0 Å². The first-order chi connectivity index (χ1) is 13.0. The Labute approximate surface area is 163 Å².